The van der Waals surface area contributed by atoms with Gasteiger partial charge in [0, 0.05) is 19.2 Å². The first-order valence-electron chi connectivity index (χ1n) is 6.74. The van der Waals surface area contributed by atoms with Crippen molar-refractivity contribution >= 4 is 0 Å². The maximum Gasteiger partial charge on any atom is 0.0702 e. The van der Waals surface area contributed by atoms with Crippen LogP contribution in [0, 0.1) is 11.8 Å². The molecule has 3 heteroatoms. The van der Waals surface area contributed by atoms with Gasteiger partial charge in [-0.2, -0.15) is 0 Å². The highest BCUT2D eigenvalue weighted by Gasteiger charge is 2.32. The second-order valence-corrected chi connectivity index (χ2v) is 5.56. The van der Waals surface area contributed by atoms with Gasteiger partial charge in [-0.3, -0.25) is 0 Å². The first kappa shape index (κ1) is 12.3. The Balaban J connectivity index is 1.84. The summed E-state index contributed by atoms with van der Waals surface area (Å²) in [6, 6.07) is 0.624. The fourth-order valence-corrected chi connectivity index (χ4v) is 3.47. The van der Waals surface area contributed by atoms with E-state index >= 15 is 0 Å². The van der Waals surface area contributed by atoms with Gasteiger partial charge >= 0.3 is 0 Å². The molecular formula is C13H26N2O. The normalized spacial score (nSPS) is 39.8. The van der Waals surface area contributed by atoms with Gasteiger partial charge in [0.15, 0.2) is 0 Å². The van der Waals surface area contributed by atoms with Crippen LogP contribution in [0.5, 0.6) is 0 Å². The summed E-state index contributed by atoms with van der Waals surface area (Å²) >= 11 is 0. The van der Waals surface area contributed by atoms with Crippen LogP contribution < -0.4 is 5.73 Å². The average Bonchev–Trinajstić information content (AvgIpc) is 2.86. The molecule has 2 rings (SSSR count). The molecule has 16 heavy (non-hydrogen) atoms. The van der Waals surface area contributed by atoms with E-state index in [-0.39, 0.29) is 0 Å². The monoisotopic (exact) mass is 226 g/mol. The molecule has 1 saturated heterocycles. The van der Waals surface area contributed by atoms with Gasteiger partial charge in [0.05, 0.1) is 6.10 Å². The molecule has 0 aromatic carbocycles. The largest absolute Gasteiger partial charge is 0.377 e. The van der Waals surface area contributed by atoms with Crippen LogP contribution in [0.4, 0.5) is 0 Å². The van der Waals surface area contributed by atoms with E-state index in [1.165, 1.54) is 32.2 Å². The minimum atomic E-state index is 0.405. The molecule has 0 aromatic rings. The summed E-state index contributed by atoms with van der Waals surface area (Å²) in [6.07, 6.45) is 5.68. The summed E-state index contributed by atoms with van der Waals surface area (Å²) in [7, 11) is 2.25. The molecule has 0 bridgehead atoms. The molecule has 4 unspecified atom stereocenters. The Morgan fingerprint density at radius 2 is 2.00 bits per heavy atom. The number of ether oxygens (including phenoxy) is 1. The van der Waals surface area contributed by atoms with E-state index in [9.17, 15) is 0 Å². The smallest absolute Gasteiger partial charge is 0.0702 e. The minimum Gasteiger partial charge on any atom is -0.377 e. The number of likely N-dealkylation sites (N-methyl/N-ethyl adjacent to an activating group) is 1. The molecule has 2 fully saturated rings. The maximum atomic E-state index is 5.84. The molecule has 94 valence electrons. The lowest BCUT2D eigenvalue weighted by Gasteiger charge is -2.31. The Morgan fingerprint density at radius 3 is 2.62 bits per heavy atom. The van der Waals surface area contributed by atoms with E-state index in [0.29, 0.717) is 12.1 Å². The van der Waals surface area contributed by atoms with Crippen molar-refractivity contribution in [2.45, 2.75) is 44.8 Å². The molecule has 0 radical (unpaired) electrons. The fourth-order valence-electron chi connectivity index (χ4n) is 3.47. The van der Waals surface area contributed by atoms with Crippen LogP contribution >= 0.6 is 0 Å². The van der Waals surface area contributed by atoms with E-state index in [0.717, 1.165) is 25.0 Å². The third-order valence-corrected chi connectivity index (χ3v) is 4.54. The minimum absolute atomic E-state index is 0.405. The zero-order chi connectivity index (χ0) is 11.5. The lowest BCUT2D eigenvalue weighted by Crippen LogP contribution is -2.41. The number of nitrogens with two attached hydrogens (primary N) is 1. The van der Waals surface area contributed by atoms with Crippen LogP contribution in [-0.4, -0.2) is 43.8 Å². The van der Waals surface area contributed by atoms with Crippen molar-refractivity contribution in [3.8, 4) is 0 Å². The van der Waals surface area contributed by atoms with Gasteiger partial charge < -0.3 is 15.4 Å². The van der Waals surface area contributed by atoms with Crippen LogP contribution in [0.1, 0.15) is 32.6 Å². The van der Waals surface area contributed by atoms with E-state index < -0.39 is 0 Å². The molecule has 0 aromatic heterocycles. The van der Waals surface area contributed by atoms with Crippen molar-refractivity contribution in [3.05, 3.63) is 0 Å². The molecular weight excluding hydrogens is 200 g/mol. The van der Waals surface area contributed by atoms with Crippen molar-refractivity contribution < 1.29 is 4.74 Å². The predicted molar refractivity (Wildman–Crippen MR) is 66.3 cm³/mol. The van der Waals surface area contributed by atoms with E-state index in [4.69, 9.17) is 10.5 Å². The van der Waals surface area contributed by atoms with E-state index in [2.05, 4.69) is 18.9 Å². The summed E-state index contributed by atoms with van der Waals surface area (Å²) in [5, 5.41) is 0. The van der Waals surface area contributed by atoms with E-state index in [1.54, 1.807) is 0 Å². The topological polar surface area (TPSA) is 38.5 Å². The third kappa shape index (κ3) is 2.58. The van der Waals surface area contributed by atoms with Crippen molar-refractivity contribution in [1.82, 2.24) is 4.90 Å². The predicted octanol–water partition coefficient (Wildman–Crippen LogP) is 1.47. The Kier molecular flexibility index (Phi) is 4.22. The van der Waals surface area contributed by atoms with Gasteiger partial charge in [0.1, 0.15) is 0 Å². The number of rotatable bonds is 4. The molecule has 0 amide bonds. The molecule has 1 aliphatic carbocycles. The molecule has 1 heterocycles. The van der Waals surface area contributed by atoms with Gasteiger partial charge in [0.2, 0.25) is 0 Å². The summed E-state index contributed by atoms with van der Waals surface area (Å²) in [4.78, 5) is 2.51. The van der Waals surface area contributed by atoms with Gasteiger partial charge in [-0.1, -0.05) is 6.42 Å². The van der Waals surface area contributed by atoms with Gasteiger partial charge in [-0.15, -0.1) is 0 Å². The zero-order valence-electron chi connectivity index (χ0n) is 10.7. The Bertz CT molecular complexity index is 222. The SMILES string of the molecule is CC1OCCC1N(C)CC1CCCC1CN. The fraction of sp³-hybridized carbons (Fsp3) is 1.00. The Labute approximate surface area is 99.3 Å². The first-order chi connectivity index (χ1) is 7.72. The summed E-state index contributed by atoms with van der Waals surface area (Å²) in [5.41, 5.74) is 5.84. The number of nitrogens with zero attached hydrogens (tertiary/aromatic N) is 1. The average molecular weight is 226 g/mol. The van der Waals surface area contributed by atoms with Crippen molar-refractivity contribution in [3.63, 3.8) is 0 Å². The molecule has 2 aliphatic rings. The summed E-state index contributed by atoms with van der Waals surface area (Å²) in [6.45, 7) is 5.21. The summed E-state index contributed by atoms with van der Waals surface area (Å²) < 4.78 is 5.64. The molecule has 3 nitrogen and oxygen atoms in total. The molecule has 2 N–H and O–H groups in total. The van der Waals surface area contributed by atoms with E-state index in [1.807, 2.05) is 0 Å². The molecule has 1 saturated carbocycles. The zero-order valence-corrected chi connectivity index (χ0v) is 10.7. The van der Waals surface area contributed by atoms with Gasteiger partial charge in [0.25, 0.3) is 0 Å². The number of hydrogen-bond acceptors (Lipinski definition) is 3. The molecule has 1 aliphatic heterocycles. The van der Waals surface area contributed by atoms with Crippen molar-refractivity contribution in [1.29, 1.82) is 0 Å². The highest BCUT2D eigenvalue weighted by atomic mass is 16.5. The van der Waals surface area contributed by atoms with Crippen molar-refractivity contribution in [2.24, 2.45) is 17.6 Å². The Hall–Kier alpha value is -0.120. The number of hydrogen-bond donors (Lipinski definition) is 1. The second kappa shape index (κ2) is 5.48. The third-order valence-electron chi connectivity index (χ3n) is 4.54. The Morgan fingerprint density at radius 1 is 1.25 bits per heavy atom. The van der Waals surface area contributed by atoms with Crippen LogP contribution in [0.2, 0.25) is 0 Å². The maximum absolute atomic E-state index is 5.84. The standard InChI is InChI=1S/C13H26N2O/c1-10-13(6-7-16-10)15(2)9-12-5-3-4-11(12)8-14/h10-13H,3-9,14H2,1-2H3. The lowest BCUT2D eigenvalue weighted by molar-refractivity contribution is 0.0756. The van der Waals surface area contributed by atoms with Crippen LogP contribution in [0.3, 0.4) is 0 Å². The lowest BCUT2D eigenvalue weighted by atomic mass is 9.95. The first-order valence-corrected chi connectivity index (χ1v) is 6.74. The van der Waals surface area contributed by atoms with Gasteiger partial charge in [-0.25, -0.2) is 0 Å². The quantitative estimate of drug-likeness (QED) is 0.789. The van der Waals surface area contributed by atoms with Crippen LogP contribution in [-0.2, 0) is 4.74 Å². The van der Waals surface area contributed by atoms with Crippen LogP contribution in [0.15, 0.2) is 0 Å². The highest BCUT2D eigenvalue weighted by molar-refractivity contribution is 4.85. The van der Waals surface area contributed by atoms with Crippen LogP contribution in [0.25, 0.3) is 0 Å². The molecule has 0 spiro atoms. The van der Waals surface area contributed by atoms with Crippen molar-refractivity contribution in [2.75, 3.05) is 26.7 Å². The summed E-state index contributed by atoms with van der Waals surface area (Å²) in [5.74, 6) is 1.59. The second-order valence-electron chi connectivity index (χ2n) is 5.56. The van der Waals surface area contributed by atoms with Gasteiger partial charge in [-0.05, 0) is 51.6 Å². The highest BCUT2D eigenvalue weighted by Crippen LogP contribution is 2.32. The molecule has 4 atom stereocenters.